The molecule has 1 aliphatic rings. The maximum Gasteiger partial charge on any atom is 0.234 e. The number of rotatable bonds is 7. The number of likely N-dealkylation sites (tertiary alicyclic amines) is 1. The summed E-state index contributed by atoms with van der Waals surface area (Å²) in [4.78, 5) is 25.6. The van der Waals surface area contributed by atoms with Crippen molar-refractivity contribution in [3.63, 3.8) is 0 Å². The van der Waals surface area contributed by atoms with Crippen LogP contribution >= 0.6 is 0 Å². The van der Waals surface area contributed by atoms with Crippen molar-refractivity contribution in [2.75, 3.05) is 32.1 Å². The first-order chi connectivity index (χ1) is 13.0. The van der Waals surface area contributed by atoms with Crippen LogP contribution in [0.25, 0.3) is 0 Å². The van der Waals surface area contributed by atoms with Crippen LogP contribution in [0.5, 0.6) is 0 Å². The fraction of sp³-hybridized carbons (Fsp3) is 0.556. The van der Waals surface area contributed by atoms with Gasteiger partial charge in [-0.1, -0.05) is 12.1 Å². The van der Waals surface area contributed by atoms with Crippen molar-refractivity contribution in [2.45, 2.75) is 35.8 Å². The van der Waals surface area contributed by atoms with Crippen LogP contribution in [0, 0.1) is 0 Å². The average Bonchev–Trinajstić information content (AvgIpc) is 2.65. The Labute approximate surface area is 166 Å². The molecule has 0 aromatic heterocycles. The van der Waals surface area contributed by atoms with Gasteiger partial charge in [0.2, 0.25) is 11.8 Å². The van der Waals surface area contributed by atoms with Gasteiger partial charge in [-0.15, -0.1) is 0 Å². The highest BCUT2D eigenvalue weighted by Gasteiger charge is 2.32. The molecule has 0 unspecified atom stereocenters. The second kappa shape index (κ2) is 9.04. The second-order valence-corrected chi connectivity index (χ2v) is 11.3. The molecule has 0 bridgehead atoms. The van der Waals surface area contributed by atoms with Gasteiger partial charge in [0.05, 0.1) is 10.1 Å². The van der Waals surface area contributed by atoms with Crippen LogP contribution in [0.3, 0.4) is 0 Å². The molecule has 1 aliphatic heterocycles. The Kier molecular flexibility index (Phi) is 7.22. The van der Waals surface area contributed by atoms with Crippen molar-refractivity contribution in [2.24, 2.45) is 0 Å². The van der Waals surface area contributed by atoms with Gasteiger partial charge < -0.3 is 10.2 Å². The molecule has 1 fully saturated rings. The largest absolute Gasteiger partial charge is 0.358 e. The fourth-order valence-corrected chi connectivity index (χ4v) is 5.45. The molecule has 0 atom stereocenters. The molecule has 8 nitrogen and oxygen atoms in total. The number of carbonyl (C=O) groups excluding carboxylic acids is 2. The van der Waals surface area contributed by atoms with Gasteiger partial charge in [0.25, 0.3) is 0 Å². The average molecular weight is 431 g/mol. The number of benzene rings is 1. The van der Waals surface area contributed by atoms with Crippen LogP contribution in [-0.2, 0) is 35.7 Å². The number of piperidine rings is 1. The monoisotopic (exact) mass is 430 g/mol. The maximum atomic E-state index is 12.4. The third kappa shape index (κ3) is 6.03. The number of hydrogen-bond acceptors (Lipinski definition) is 6. The van der Waals surface area contributed by atoms with Gasteiger partial charge in [0.1, 0.15) is 5.75 Å². The number of aryl methyl sites for hydroxylation is 1. The molecule has 1 aromatic carbocycles. The van der Waals surface area contributed by atoms with E-state index in [0.717, 1.165) is 11.8 Å². The quantitative estimate of drug-likeness (QED) is 0.659. The van der Waals surface area contributed by atoms with Gasteiger partial charge in [-0.05, 0) is 37.0 Å². The lowest BCUT2D eigenvalue weighted by atomic mass is 10.1. The summed E-state index contributed by atoms with van der Waals surface area (Å²) in [5, 5.41) is 1.72. The molecule has 1 heterocycles. The van der Waals surface area contributed by atoms with Crippen LogP contribution in [0.4, 0.5) is 0 Å². The molecule has 0 aliphatic carbocycles. The Balaban J connectivity index is 1.84. The maximum absolute atomic E-state index is 12.4. The van der Waals surface area contributed by atoms with E-state index in [0.29, 0.717) is 32.4 Å². The molecule has 0 radical (unpaired) electrons. The summed E-state index contributed by atoms with van der Waals surface area (Å²) in [6.07, 6.45) is 2.55. The third-order valence-corrected chi connectivity index (χ3v) is 8.17. The smallest absolute Gasteiger partial charge is 0.234 e. The van der Waals surface area contributed by atoms with E-state index >= 15 is 0 Å². The highest BCUT2D eigenvalue weighted by molar-refractivity contribution is 7.92. The predicted molar refractivity (Wildman–Crippen MR) is 105 cm³/mol. The normalized spacial score (nSPS) is 16.0. The molecule has 10 heteroatoms. The van der Waals surface area contributed by atoms with E-state index in [1.165, 1.54) is 19.2 Å². The van der Waals surface area contributed by atoms with Crippen molar-refractivity contribution in [1.29, 1.82) is 0 Å². The first kappa shape index (κ1) is 22.4. The van der Waals surface area contributed by atoms with Crippen molar-refractivity contribution in [3.8, 4) is 0 Å². The molecule has 2 amide bonds. The van der Waals surface area contributed by atoms with E-state index in [2.05, 4.69) is 5.32 Å². The van der Waals surface area contributed by atoms with E-state index in [1.54, 1.807) is 17.0 Å². The van der Waals surface area contributed by atoms with Crippen LogP contribution < -0.4 is 5.32 Å². The van der Waals surface area contributed by atoms with Crippen LogP contribution in [0.2, 0.25) is 0 Å². The minimum absolute atomic E-state index is 0.0608. The van der Waals surface area contributed by atoms with E-state index in [1.807, 2.05) is 0 Å². The standard InChI is InChI=1S/C18H26N2O6S2/c1-19-17(21)13-28(25,26)16-9-11-20(12-10-16)18(22)8-5-14-3-6-15(7-4-14)27(2,23)24/h3-4,6-7,16H,5,8-13H2,1-2H3,(H,19,21). The van der Waals surface area contributed by atoms with E-state index in [9.17, 15) is 26.4 Å². The first-order valence-electron chi connectivity index (χ1n) is 9.02. The first-order valence-corrected chi connectivity index (χ1v) is 12.6. The van der Waals surface area contributed by atoms with Gasteiger partial charge in [-0.3, -0.25) is 9.59 Å². The molecular formula is C18H26N2O6S2. The molecule has 28 heavy (non-hydrogen) atoms. The SMILES string of the molecule is CNC(=O)CS(=O)(=O)C1CCN(C(=O)CCc2ccc(S(C)(=O)=O)cc2)CC1. The van der Waals surface area contributed by atoms with Crippen molar-refractivity contribution in [3.05, 3.63) is 29.8 Å². The lowest BCUT2D eigenvalue weighted by molar-refractivity contribution is -0.132. The lowest BCUT2D eigenvalue weighted by Crippen LogP contribution is -2.44. The molecule has 2 rings (SSSR count). The Morgan fingerprint density at radius 2 is 1.64 bits per heavy atom. The topological polar surface area (TPSA) is 118 Å². The number of hydrogen-bond donors (Lipinski definition) is 1. The van der Waals surface area contributed by atoms with Crippen molar-refractivity contribution < 1.29 is 26.4 Å². The summed E-state index contributed by atoms with van der Waals surface area (Å²) in [5.74, 6) is -1.11. The van der Waals surface area contributed by atoms with Gasteiger partial charge in [-0.25, -0.2) is 16.8 Å². The number of sulfone groups is 2. The van der Waals surface area contributed by atoms with E-state index in [4.69, 9.17) is 0 Å². The molecule has 0 spiro atoms. The molecule has 156 valence electrons. The van der Waals surface area contributed by atoms with Crippen LogP contribution in [0.15, 0.2) is 29.2 Å². The van der Waals surface area contributed by atoms with Crippen LogP contribution in [-0.4, -0.2) is 70.9 Å². The Hall–Kier alpha value is -1.94. The summed E-state index contributed by atoms with van der Waals surface area (Å²) in [6, 6.07) is 6.44. The molecule has 1 aromatic rings. The Morgan fingerprint density at radius 1 is 1.07 bits per heavy atom. The zero-order valence-corrected chi connectivity index (χ0v) is 17.7. The van der Waals surface area contributed by atoms with Crippen molar-refractivity contribution in [1.82, 2.24) is 10.2 Å². The van der Waals surface area contributed by atoms with Gasteiger partial charge in [-0.2, -0.15) is 0 Å². The van der Waals surface area contributed by atoms with Crippen LogP contribution in [0.1, 0.15) is 24.8 Å². The zero-order chi connectivity index (χ0) is 20.9. The summed E-state index contributed by atoms with van der Waals surface area (Å²) in [7, 11) is -5.36. The summed E-state index contributed by atoms with van der Waals surface area (Å²) in [5.41, 5.74) is 0.865. The lowest BCUT2D eigenvalue weighted by Gasteiger charge is -2.31. The van der Waals surface area contributed by atoms with Crippen molar-refractivity contribution >= 4 is 31.5 Å². The highest BCUT2D eigenvalue weighted by atomic mass is 32.2. The number of carbonyl (C=O) groups is 2. The minimum Gasteiger partial charge on any atom is -0.358 e. The third-order valence-electron chi connectivity index (χ3n) is 4.89. The summed E-state index contributed by atoms with van der Waals surface area (Å²) >= 11 is 0. The molecule has 1 N–H and O–H groups in total. The molecular weight excluding hydrogens is 404 g/mol. The second-order valence-electron chi connectivity index (χ2n) is 6.98. The summed E-state index contributed by atoms with van der Waals surface area (Å²) in [6.45, 7) is 0.701. The zero-order valence-electron chi connectivity index (χ0n) is 16.0. The molecule has 1 saturated heterocycles. The van der Waals surface area contributed by atoms with E-state index < -0.39 is 36.6 Å². The minimum atomic E-state index is -3.51. The van der Waals surface area contributed by atoms with Gasteiger partial charge in [0.15, 0.2) is 19.7 Å². The number of amides is 2. The highest BCUT2D eigenvalue weighted by Crippen LogP contribution is 2.20. The summed E-state index contributed by atoms with van der Waals surface area (Å²) < 4.78 is 47.4. The Morgan fingerprint density at radius 3 is 2.14 bits per heavy atom. The number of nitrogens with zero attached hydrogens (tertiary/aromatic N) is 1. The fourth-order valence-electron chi connectivity index (χ4n) is 3.15. The predicted octanol–water partition coefficient (Wildman–Crippen LogP) is 0.175. The molecule has 0 saturated carbocycles. The number of nitrogens with one attached hydrogen (secondary N) is 1. The Bertz CT molecular complexity index is 915. The van der Waals surface area contributed by atoms with E-state index in [-0.39, 0.29) is 17.2 Å². The van der Waals surface area contributed by atoms with Gasteiger partial charge in [0, 0.05) is 32.8 Å². The van der Waals surface area contributed by atoms with Gasteiger partial charge >= 0.3 is 0 Å².